The first-order chi connectivity index (χ1) is 9.26. The number of amides is 1. The molecule has 0 aromatic carbocycles. The summed E-state index contributed by atoms with van der Waals surface area (Å²) in [6.07, 6.45) is 4.84. The highest BCUT2D eigenvalue weighted by molar-refractivity contribution is 6.05. The smallest absolute Gasteiger partial charge is 0.276 e. The van der Waals surface area contributed by atoms with Crippen LogP contribution >= 0.6 is 0 Å². The Bertz CT molecular complexity index is 558. The lowest BCUT2D eigenvalue weighted by molar-refractivity contribution is 0.0983. The van der Waals surface area contributed by atoms with E-state index in [1.165, 1.54) is 0 Å². The van der Waals surface area contributed by atoms with Crippen LogP contribution in [0.4, 0.5) is 11.4 Å². The zero-order valence-corrected chi connectivity index (χ0v) is 10.6. The van der Waals surface area contributed by atoms with E-state index in [4.69, 9.17) is 5.84 Å². The van der Waals surface area contributed by atoms with Crippen molar-refractivity contribution in [3.63, 3.8) is 0 Å². The monoisotopic (exact) mass is 257 g/mol. The fraction of sp³-hybridized carbons (Fsp3) is 0.154. The lowest BCUT2D eigenvalue weighted by Crippen LogP contribution is -2.31. The number of hydrazine groups is 1. The molecular formula is C13H15N5O. The predicted octanol–water partition coefficient (Wildman–Crippen LogP) is 1.43. The molecule has 2 aromatic heterocycles. The summed E-state index contributed by atoms with van der Waals surface area (Å²) >= 11 is 0. The van der Waals surface area contributed by atoms with Gasteiger partial charge < -0.3 is 10.3 Å². The second-order valence-corrected chi connectivity index (χ2v) is 3.83. The molecule has 0 aliphatic carbocycles. The summed E-state index contributed by atoms with van der Waals surface area (Å²) in [5.41, 5.74) is 4.27. The molecule has 1 amide bonds. The molecule has 0 aliphatic heterocycles. The van der Waals surface area contributed by atoms with Crippen LogP contribution in [-0.2, 0) is 0 Å². The minimum absolute atomic E-state index is 0.175. The molecule has 2 heterocycles. The summed E-state index contributed by atoms with van der Waals surface area (Å²) in [5.74, 6) is 5.15. The molecule has 0 aliphatic rings. The lowest BCUT2D eigenvalue weighted by Gasteiger charge is -2.20. The van der Waals surface area contributed by atoms with Crippen LogP contribution in [0.1, 0.15) is 17.4 Å². The van der Waals surface area contributed by atoms with Crippen LogP contribution in [0, 0.1) is 0 Å². The van der Waals surface area contributed by atoms with Crippen molar-refractivity contribution in [2.45, 2.75) is 6.92 Å². The first-order valence-electron chi connectivity index (χ1n) is 5.90. The van der Waals surface area contributed by atoms with Crippen molar-refractivity contribution >= 4 is 17.3 Å². The molecule has 2 aromatic rings. The van der Waals surface area contributed by atoms with Crippen LogP contribution in [-0.4, -0.2) is 22.4 Å². The van der Waals surface area contributed by atoms with E-state index in [0.717, 1.165) is 5.69 Å². The van der Waals surface area contributed by atoms with Gasteiger partial charge in [-0.25, -0.2) is 0 Å². The van der Waals surface area contributed by atoms with E-state index in [0.29, 0.717) is 17.9 Å². The molecule has 6 nitrogen and oxygen atoms in total. The molecule has 0 saturated carbocycles. The Morgan fingerprint density at radius 2 is 2.05 bits per heavy atom. The van der Waals surface area contributed by atoms with Gasteiger partial charge in [-0.1, -0.05) is 0 Å². The summed E-state index contributed by atoms with van der Waals surface area (Å²) in [5, 5.41) is 0. The summed E-state index contributed by atoms with van der Waals surface area (Å²) in [7, 11) is 0. The Balaban J connectivity index is 2.30. The van der Waals surface area contributed by atoms with Gasteiger partial charge in [-0.2, -0.15) is 0 Å². The number of pyridine rings is 2. The Morgan fingerprint density at radius 3 is 2.68 bits per heavy atom. The Hall–Kier alpha value is -2.47. The number of hydrogen-bond acceptors (Lipinski definition) is 5. The molecule has 0 saturated heterocycles. The van der Waals surface area contributed by atoms with Crippen LogP contribution in [0.25, 0.3) is 0 Å². The van der Waals surface area contributed by atoms with Crippen LogP contribution in [0.5, 0.6) is 0 Å². The molecule has 2 rings (SSSR count). The van der Waals surface area contributed by atoms with Crippen molar-refractivity contribution in [3.05, 3.63) is 48.5 Å². The minimum atomic E-state index is -0.175. The second kappa shape index (κ2) is 5.92. The number of nitrogens with zero attached hydrogens (tertiary/aromatic N) is 3. The fourth-order valence-corrected chi connectivity index (χ4v) is 1.74. The number of anilines is 2. The number of aromatic nitrogens is 2. The summed E-state index contributed by atoms with van der Waals surface area (Å²) in [6, 6.07) is 6.88. The second-order valence-electron chi connectivity index (χ2n) is 3.83. The SMILES string of the molecule is CCN(C(=O)c1cc(NN)ccn1)c1ccncc1. The molecule has 0 atom stereocenters. The molecule has 0 unspecified atom stereocenters. The highest BCUT2D eigenvalue weighted by Crippen LogP contribution is 2.16. The third-order valence-corrected chi connectivity index (χ3v) is 2.68. The number of carbonyl (C=O) groups excluding carboxylic acids is 1. The molecule has 98 valence electrons. The van der Waals surface area contributed by atoms with E-state index in [1.54, 1.807) is 47.8 Å². The van der Waals surface area contributed by atoms with Gasteiger partial charge in [0.2, 0.25) is 0 Å². The molecule has 0 spiro atoms. The molecule has 0 fully saturated rings. The molecule has 0 bridgehead atoms. The van der Waals surface area contributed by atoms with Crippen LogP contribution in [0.15, 0.2) is 42.9 Å². The van der Waals surface area contributed by atoms with Crippen LogP contribution < -0.4 is 16.2 Å². The number of rotatable bonds is 4. The van der Waals surface area contributed by atoms with Gasteiger partial charge in [-0.3, -0.25) is 20.6 Å². The van der Waals surface area contributed by atoms with Crippen molar-refractivity contribution < 1.29 is 4.79 Å². The zero-order chi connectivity index (χ0) is 13.7. The average Bonchev–Trinajstić information content (AvgIpc) is 2.49. The number of carbonyl (C=O) groups is 1. The van der Waals surface area contributed by atoms with Gasteiger partial charge >= 0.3 is 0 Å². The van der Waals surface area contributed by atoms with E-state index in [2.05, 4.69) is 15.4 Å². The third kappa shape index (κ3) is 2.86. The van der Waals surface area contributed by atoms with Gasteiger partial charge in [-0.15, -0.1) is 0 Å². The normalized spacial score (nSPS) is 10.0. The standard InChI is InChI=1S/C13H15N5O/c1-2-18(11-4-6-15-7-5-11)13(19)12-9-10(17-14)3-8-16-12/h3-9H,2,14H2,1H3,(H,16,17). The van der Waals surface area contributed by atoms with Gasteiger partial charge in [0.15, 0.2) is 0 Å². The van der Waals surface area contributed by atoms with Gasteiger partial charge in [0, 0.05) is 30.8 Å². The summed E-state index contributed by atoms with van der Waals surface area (Å²) in [6.45, 7) is 2.45. The topological polar surface area (TPSA) is 84.1 Å². The number of hydrogen-bond donors (Lipinski definition) is 2. The van der Waals surface area contributed by atoms with Crippen molar-refractivity contribution in [1.82, 2.24) is 9.97 Å². The lowest BCUT2D eigenvalue weighted by atomic mass is 10.2. The van der Waals surface area contributed by atoms with Crippen molar-refractivity contribution in [2.24, 2.45) is 5.84 Å². The van der Waals surface area contributed by atoms with Crippen LogP contribution in [0.2, 0.25) is 0 Å². The summed E-state index contributed by atoms with van der Waals surface area (Å²) < 4.78 is 0. The largest absolute Gasteiger partial charge is 0.324 e. The van der Waals surface area contributed by atoms with E-state index in [-0.39, 0.29) is 5.91 Å². The molecule has 6 heteroatoms. The first kappa shape index (κ1) is 13.0. The van der Waals surface area contributed by atoms with Crippen LogP contribution in [0.3, 0.4) is 0 Å². The van der Waals surface area contributed by atoms with E-state index >= 15 is 0 Å². The Morgan fingerprint density at radius 1 is 1.32 bits per heavy atom. The van der Waals surface area contributed by atoms with Crippen molar-refractivity contribution in [3.8, 4) is 0 Å². The zero-order valence-electron chi connectivity index (χ0n) is 10.6. The van der Waals surface area contributed by atoms with E-state index in [9.17, 15) is 4.79 Å². The highest BCUT2D eigenvalue weighted by Gasteiger charge is 2.17. The number of nitrogens with one attached hydrogen (secondary N) is 1. The average molecular weight is 257 g/mol. The molecule has 19 heavy (non-hydrogen) atoms. The van der Waals surface area contributed by atoms with Gasteiger partial charge in [0.1, 0.15) is 5.69 Å². The number of nitrogen functional groups attached to an aromatic ring is 1. The Kier molecular flexibility index (Phi) is 4.04. The van der Waals surface area contributed by atoms with Crippen molar-refractivity contribution in [2.75, 3.05) is 16.9 Å². The van der Waals surface area contributed by atoms with Crippen molar-refractivity contribution in [1.29, 1.82) is 0 Å². The highest BCUT2D eigenvalue weighted by atomic mass is 16.2. The van der Waals surface area contributed by atoms with E-state index < -0.39 is 0 Å². The maximum Gasteiger partial charge on any atom is 0.276 e. The van der Waals surface area contributed by atoms with E-state index in [1.807, 2.05) is 6.92 Å². The summed E-state index contributed by atoms with van der Waals surface area (Å²) in [4.78, 5) is 22.1. The fourth-order valence-electron chi connectivity index (χ4n) is 1.74. The maximum atomic E-state index is 12.4. The number of nitrogens with two attached hydrogens (primary N) is 1. The predicted molar refractivity (Wildman–Crippen MR) is 73.6 cm³/mol. The third-order valence-electron chi connectivity index (χ3n) is 2.68. The van der Waals surface area contributed by atoms with Gasteiger partial charge in [0.25, 0.3) is 5.91 Å². The molecule has 0 radical (unpaired) electrons. The first-order valence-corrected chi connectivity index (χ1v) is 5.90. The van der Waals surface area contributed by atoms with Gasteiger partial charge in [-0.05, 0) is 31.2 Å². The molecular weight excluding hydrogens is 242 g/mol. The Labute approximate surface area is 111 Å². The maximum absolute atomic E-state index is 12.4. The minimum Gasteiger partial charge on any atom is -0.324 e. The van der Waals surface area contributed by atoms with Gasteiger partial charge in [0.05, 0.1) is 5.69 Å². The quantitative estimate of drug-likeness (QED) is 0.639. The molecule has 3 N–H and O–H groups in total.